The zero-order valence-electron chi connectivity index (χ0n) is 11.3. The van der Waals surface area contributed by atoms with E-state index in [9.17, 15) is 0 Å². The number of rotatable bonds is 0. The molecule has 1 N–H and O–H groups in total. The monoisotopic (exact) mass is 261 g/mol. The predicted molar refractivity (Wildman–Crippen MR) is 78.4 cm³/mol. The number of hydrogen-bond acceptors (Lipinski definition) is 0. The molecule has 2 heteroatoms. The Kier molecular flexibility index (Phi) is 2.71. The zero-order valence-corrected chi connectivity index (χ0v) is 12.1. The van der Waals surface area contributed by atoms with Crippen molar-refractivity contribution in [2.45, 2.75) is 46.0 Å². The van der Waals surface area contributed by atoms with Gasteiger partial charge in [-0.1, -0.05) is 32.4 Å². The number of aryl methyl sites for hydroxylation is 1. The van der Waals surface area contributed by atoms with Crippen LogP contribution in [0, 0.1) is 5.41 Å². The molecule has 1 aromatic heterocycles. The number of hydrogen-bond donors (Lipinski definition) is 1. The smallest absolute Gasteiger partial charge is 0.0460 e. The van der Waals surface area contributed by atoms with Crippen LogP contribution in [-0.4, -0.2) is 4.98 Å². The number of aromatic amines is 1. The molecule has 0 saturated carbocycles. The summed E-state index contributed by atoms with van der Waals surface area (Å²) in [6.45, 7) is 7.02. The summed E-state index contributed by atoms with van der Waals surface area (Å²) < 4.78 is 0. The fourth-order valence-corrected chi connectivity index (χ4v) is 3.47. The first-order chi connectivity index (χ1) is 8.47. The van der Waals surface area contributed by atoms with E-state index >= 15 is 0 Å². The van der Waals surface area contributed by atoms with Gasteiger partial charge in [0.25, 0.3) is 0 Å². The molecule has 1 nitrogen and oxygen atoms in total. The third-order valence-electron chi connectivity index (χ3n) is 4.21. The molecule has 0 radical (unpaired) electrons. The van der Waals surface area contributed by atoms with Crippen LogP contribution in [0.3, 0.4) is 0 Å². The van der Waals surface area contributed by atoms with Gasteiger partial charge in [-0.2, -0.15) is 0 Å². The molecule has 3 rings (SSSR count). The van der Waals surface area contributed by atoms with Gasteiger partial charge in [-0.3, -0.25) is 0 Å². The molecular formula is C16H20ClN. The van der Waals surface area contributed by atoms with Crippen LogP contribution in [0.25, 0.3) is 10.9 Å². The SMILES string of the molecule is CC(C)(C)C1CCCc2c1[nH]c1ccc(Cl)cc21. The minimum atomic E-state index is 0.319. The third-order valence-corrected chi connectivity index (χ3v) is 4.45. The Balaban J connectivity index is 2.22. The maximum absolute atomic E-state index is 6.13. The van der Waals surface area contributed by atoms with Crippen molar-refractivity contribution < 1.29 is 0 Å². The molecule has 0 saturated heterocycles. The molecule has 1 unspecified atom stereocenters. The van der Waals surface area contributed by atoms with Gasteiger partial charge in [0.1, 0.15) is 0 Å². The lowest BCUT2D eigenvalue weighted by Crippen LogP contribution is -2.22. The summed E-state index contributed by atoms with van der Waals surface area (Å²) >= 11 is 6.13. The summed E-state index contributed by atoms with van der Waals surface area (Å²) in [5.41, 5.74) is 4.50. The van der Waals surface area contributed by atoms with E-state index in [1.165, 1.54) is 41.4 Å². The molecule has 0 spiro atoms. The van der Waals surface area contributed by atoms with E-state index in [1.807, 2.05) is 6.07 Å². The van der Waals surface area contributed by atoms with Crippen LogP contribution in [-0.2, 0) is 6.42 Å². The van der Waals surface area contributed by atoms with Gasteiger partial charge in [-0.15, -0.1) is 0 Å². The fourth-order valence-electron chi connectivity index (χ4n) is 3.30. The van der Waals surface area contributed by atoms with Crippen molar-refractivity contribution in [2.24, 2.45) is 5.41 Å². The lowest BCUT2D eigenvalue weighted by Gasteiger charge is -2.34. The highest BCUT2D eigenvalue weighted by atomic mass is 35.5. The van der Waals surface area contributed by atoms with Crippen molar-refractivity contribution in [3.63, 3.8) is 0 Å². The Morgan fingerprint density at radius 1 is 1.28 bits per heavy atom. The summed E-state index contributed by atoms with van der Waals surface area (Å²) in [6.07, 6.45) is 3.76. The standard InChI is InChI=1S/C16H20ClN/c1-16(2,3)13-6-4-5-11-12-9-10(17)7-8-14(12)18-15(11)13/h7-9,13,18H,4-6H2,1-3H3. The van der Waals surface area contributed by atoms with Crippen LogP contribution in [0.1, 0.15) is 50.8 Å². The lowest BCUT2D eigenvalue weighted by molar-refractivity contribution is 0.285. The van der Waals surface area contributed by atoms with Gasteiger partial charge in [0, 0.05) is 27.5 Å². The van der Waals surface area contributed by atoms with E-state index < -0.39 is 0 Å². The van der Waals surface area contributed by atoms with E-state index in [2.05, 4.69) is 37.9 Å². The molecule has 0 amide bonds. The molecule has 1 heterocycles. The second kappa shape index (κ2) is 4.03. The molecule has 2 aromatic rings. The van der Waals surface area contributed by atoms with Crippen molar-refractivity contribution in [3.05, 3.63) is 34.5 Å². The first kappa shape index (κ1) is 12.1. The number of fused-ring (bicyclic) bond motifs is 3. The van der Waals surface area contributed by atoms with Crippen molar-refractivity contribution in [3.8, 4) is 0 Å². The second-order valence-electron chi connectivity index (χ2n) is 6.52. The first-order valence-corrected chi connectivity index (χ1v) is 7.14. The first-order valence-electron chi connectivity index (χ1n) is 6.77. The fraction of sp³-hybridized carbons (Fsp3) is 0.500. The van der Waals surface area contributed by atoms with E-state index in [1.54, 1.807) is 0 Å². The Morgan fingerprint density at radius 3 is 2.78 bits per heavy atom. The van der Waals surface area contributed by atoms with Crippen LogP contribution in [0.5, 0.6) is 0 Å². The van der Waals surface area contributed by atoms with Crippen LogP contribution >= 0.6 is 11.6 Å². The van der Waals surface area contributed by atoms with Crippen molar-refractivity contribution in [1.29, 1.82) is 0 Å². The van der Waals surface area contributed by atoms with Crippen LogP contribution in [0.2, 0.25) is 5.02 Å². The minimum Gasteiger partial charge on any atom is -0.358 e. The highest BCUT2D eigenvalue weighted by molar-refractivity contribution is 6.31. The second-order valence-corrected chi connectivity index (χ2v) is 6.95. The average Bonchev–Trinajstić information content (AvgIpc) is 2.65. The summed E-state index contributed by atoms with van der Waals surface area (Å²) in [5.74, 6) is 0.632. The molecular weight excluding hydrogens is 242 g/mol. The molecule has 1 aliphatic rings. The molecule has 1 aliphatic carbocycles. The molecule has 0 aliphatic heterocycles. The summed E-state index contributed by atoms with van der Waals surface area (Å²) in [6, 6.07) is 6.19. The topological polar surface area (TPSA) is 15.8 Å². The Morgan fingerprint density at radius 2 is 2.06 bits per heavy atom. The largest absolute Gasteiger partial charge is 0.358 e. The molecule has 96 valence electrons. The van der Waals surface area contributed by atoms with Gasteiger partial charge in [0.15, 0.2) is 0 Å². The third kappa shape index (κ3) is 1.85. The molecule has 1 aromatic carbocycles. The highest BCUT2D eigenvalue weighted by Crippen LogP contribution is 2.45. The molecule has 18 heavy (non-hydrogen) atoms. The van der Waals surface area contributed by atoms with Gasteiger partial charge in [0.05, 0.1) is 0 Å². The van der Waals surface area contributed by atoms with E-state index in [0.29, 0.717) is 11.3 Å². The minimum absolute atomic E-state index is 0.319. The van der Waals surface area contributed by atoms with Crippen molar-refractivity contribution >= 4 is 22.5 Å². The maximum Gasteiger partial charge on any atom is 0.0460 e. The number of aromatic nitrogens is 1. The molecule has 1 atom stereocenters. The molecule has 0 bridgehead atoms. The van der Waals surface area contributed by atoms with E-state index in [0.717, 1.165) is 5.02 Å². The maximum atomic E-state index is 6.13. The quantitative estimate of drug-likeness (QED) is 0.663. The number of H-pyrrole nitrogens is 1. The van der Waals surface area contributed by atoms with E-state index in [4.69, 9.17) is 11.6 Å². The summed E-state index contributed by atoms with van der Waals surface area (Å²) in [7, 11) is 0. The number of halogens is 1. The predicted octanol–water partition coefficient (Wildman–Crippen LogP) is 5.29. The highest BCUT2D eigenvalue weighted by Gasteiger charge is 2.32. The normalized spacial score (nSPS) is 20.1. The summed E-state index contributed by atoms with van der Waals surface area (Å²) in [4.78, 5) is 3.64. The number of nitrogens with one attached hydrogen (secondary N) is 1. The Hall–Kier alpha value is -0.950. The van der Waals surface area contributed by atoms with E-state index in [-0.39, 0.29) is 0 Å². The Labute approximate surface area is 114 Å². The average molecular weight is 262 g/mol. The number of benzene rings is 1. The molecule has 0 fully saturated rings. The van der Waals surface area contributed by atoms with Crippen LogP contribution < -0.4 is 0 Å². The van der Waals surface area contributed by atoms with Gasteiger partial charge >= 0.3 is 0 Å². The lowest BCUT2D eigenvalue weighted by atomic mass is 9.72. The van der Waals surface area contributed by atoms with Crippen molar-refractivity contribution in [1.82, 2.24) is 4.98 Å². The Bertz CT molecular complexity index is 589. The van der Waals surface area contributed by atoms with Gasteiger partial charge < -0.3 is 4.98 Å². The zero-order chi connectivity index (χ0) is 12.9. The van der Waals surface area contributed by atoms with Crippen LogP contribution in [0.15, 0.2) is 18.2 Å². The van der Waals surface area contributed by atoms with Gasteiger partial charge in [0.2, 0.25) is 0 Å². The van der Waals surface area contributed by atoms with Crippen molar-refractivity contribution in [2.75, 3.05) is 0 Å². The summed E-state index contributed by atoms with van der Waals surface area (Å²) in [5, 5.41) is 2.16. The van der Waals surface area contributed by atoms with Gasteiger partial charge in [-0.25, -0.2) is 0 Å². The van der Waals surface area contributed by atoms with Crippen LogP contribution in [0.4, 0.5) is 0 Å². The van der Waals surface area contributed by atoms with Gasteiger partial charge in [-0.05, 0) is 48.4 Å².